The molecule has 1 aromatic heterocycles. The van der Waals surface area contributed by atoms with E-state index in [0.717, 1.165) is 5.56 Å². The SMILES string of the molecule is O=C1C(=O)N(Cc2cccnc2)[C@@H](c2ccc(Cl)cc2)/C1=C(\O)c1ccc2c(c1)OCCO2. The number of aliphatic hydroxyl groups is 1. The maximum Gasteiger partial charge on any atom is 0.295 e. The second-order valence-electron chi connectivity index (χ2n) is 7.70. The molecule has 1 saturated heterocycles. The number of carbonyl (C=O) groups is 2. The summed E-state index contributed by atoms with van der Waals surface area (Å²) in [5.74, 6) is -0.704. The minimum Gasteiger partial charge on any atom is -0.507 e. The largest absolute Gasteiger partial charge is 0.507 e. The first-order valence-corrected chi connectivity index (χ1v) is 10.7. The van der Waals surface area contributed by atoms with E-state index in [0.29, 0.717) is 40.9 Å². The molecule has 1 N–H and O–H groups in total. The van der Waals surface area contributed by atoms with Gasteiger partial charge in [-0.3, -0.25) is 14.6 Å². The summed E-state index contributed by atoms with van der Waals surface area (Å²) in [6.07, 6.45) is 3.27. The summed E-state index contributed by atoms with van der Waals surface area (Å²) in [5.41, 5.74) is 1.78. The number of pyridine rings is 1. The van der Waals surface area contributed by atoms with Crippen LogP contribution in [-0.4, -0.2) is 39.9 Å². The van der Waals surface area contributed by atoms with Gasteiger partial charge in [-0.05, 0) is 47.5 Å². The molecule has 1 fully saturated rings. The Labute approximate surface area is 194 Å². The van der Waals surface area contributed by atoms with Crippen molar-refractivity contribution < 1.29 is 24.2 Å². The van der Waals surface area contributed by atoms with Crippen LogP contribution in [-0.2, 0) is 16.1 Å². The van der Waals surface area contributed by atoms with Crippen LogP contribution in [0, 0.1) is 0 Å². The van der Waals surface area contributed by atoms with Crippen molar-refractivity contribution in [3.8, 4) is 11.5 Å². The zero-order valence-corrected chi connectivity index (χ0v) is 18.2. The van der Waals surface area contributed by atoms with Crippen LogP contribution in [0.5, 0.6) is 11.5 Å². The highest BCUT2D eigenvalue weighted by Crippen LogP contribution is 2.42. The first kappa shape index (κ1) is 21.0. The monoisotopic (exact) mass is 462 g/mol. The smallest absolute Gasteiger partial charge is 0.295 e. The van der Waals surface area contributed by atoms with Crippen LogP contribution in [0.3, 0.4) is 0 Å². The maximum absolute atomic E-state index is 13.2. The van der Waals surface area contributed by atoms with Crippen LogP contribution in [0.1, 0.15) is 22.7 Å². The summed E-state index contributed by atoms with van der Waals surface area (Å²) in [4.78, 5) is 31.8. The van der Waals surface area contributed by atoms with Crippen molar-refractivity contribution in [1.29, 1.82) is 0 Å². The van der Waals surface area contributed by atoms with Gasteiger partial charge in [-0.1, -0.05) is 29.8 Å². The third-order valence-electron chi connectivity index (χ3n) is 5.62. The number of ether oxygens (including phenoxy) is 2. The molecule has 1 atom stereocenters. The van der Waals surface area contributed by atoms with Crippen LogP contribution < -0.4 is 9.47 Å². The average Bonchev–Trinajstić information content (AvgIpc) is 3.09. The summed E-state index contributed by atoms with van der Waals surface area (Å²) in [6.45, 7) is 0.982. The molecule has 0 spiro atoms. The van der Waals surface area contributed by atoms with E-state index in [1.165, 1.54) is 4.90 Å². The van der Waals surface area contributed by atoms with E-state index >= 15 is 0 Å². The van der Waals surface area contributed by atoms with E-state index in [-0.39, 0.29) is 17.9 Å². The molecule has 5 rings (SSSR count). The summed E-state index contributed by atoms with van der Waals surface area (Å²) in [5, 5.41) is 11.7. The van der Waals surface area contributed by atoms with Crippen molar-refractivity contribution in [2.45, 2.75) is 12.6 Å². The molecule has 1 amide bonds. The average molecular weight is 463 g/mol. The Morgan fingerprint density at radius 2 is 1.82 bits per heavy atom. The highest BCUT2D eigenvalue weighted by molar-refractivity contribution is 6.46. The third kappa shape index (κ3) is 3.91. The fourth-order valence-electron chi connectivity index (χ4n) is 4.07. The molecule has 3 aromatic rings. The summed E-state index contributed by atoms with van der Waals surface area (Å²) < 4.78 is 11.1. The number of nitrogens with zero attached hydrogens (tertiary/aromatic N) is 2. The lowest BCUT2D eigenvalue weighted by Crippen LogP contribution is -2.29. The number of carbonyl (C=O) groups excluding carboxylic acids is 2. The van der Waals surface area contributed by atoms with Crippen molar-refractivity contribution in [1.82, 2.24) is 9.88 Å². The molecular weight excluding hydrogens is 444 g/mol. The van der Waals surface area contributed by atoms with Gasteiger partial charge in [0.2, 0.25) is 0 Å². The molecule has 2 aliphatic rings. The van der Waals surface area contributed by atoms with E-state index in [9.17, 15) is 14.7 Å². The number of Topliss-reactive ketones (excluding diaryl/α,β-unsaturated/α-hetero) is 1. The third-order valence-corrected chi connectivity index (χ3v) is 5.87. The van der Waals surface area contributed by atoms with Crippen LogP contribution in [0.15, 0.2) is 72.6 Å². The van der Waals surface area contributed by atoms with E-state index in [1.807, 2.05) is 6.07 Å². The number of aliphatic hydroxyl groups excluding tert-OH is 1. The number of rotatable bonds is 4. The molecule has 0 radical (unpaired) electrons. The van der Waals surface area contributed by atoms with E-state index in [2.05, 4.69) is 4.98 Å². The van der Waals surface area contributed by atoms with Crippen molar-refractivity contribution in [2.24, 2.45) is 0 Å². The summed E-state index contributed by atoms with van der Waals surface area (Å²) in [6, 6.07) is 14.6. The number of ketones is 1. The second-order valence-corrected chi connectivity index (χ2v) is 8.13. The number of amides is 1. The molecule has 2 aliphatic heterocycles. The maximum atomic E-state index is 13.2. The predicted octanol–water partition coefficient (Wildman–Crippen LogP) is 4.13. The molecule has 33 heavy (non-hydrogen) atoms. The van der Waals surface area contributed by atoms with E-state index < -0.39 is 17.7 Å². The Balaban J connectivity index is 1.63. The number of aromatic nitrogens is 1. The van der Waals surface area contributed by atoms with E-state index in [4.69, 9.17) is 21.1 Å². The van der Waals surface area contributed by atoms with Crippen molar-refractivity contribution >= 4 is 29.1 Å². The van der Waals surface area contributed by atoms with Gasteiger partial charge in [0.25, 0.3) is 11.7 Å². The van der Waals surface area contributed by atoms with Crippen LogP contribution in [0.4, 0.5) is 0 Å². The minimum absolute atomic E-state index is 0.00268. The minimum atomic E-state index is -0.796. The Bertz CT molecular complexity index is 1260. The molecule has 0 aliphatic carbocycles. The van der Waals surface area contributed by atoms with Gasteiger partial charge < -0.3 is 19.5 Å². The lowest BCUT2D eigenvalue weighted by atomic mass is 9.95. The zero-order chi connectivity index (χ0) is 22.9. The Morgan fingerprint density at radius 3 is 2.55 bits per heavy atom. The molecule has 0 unspecified atom stereocenters. The molecule has 8 heteroatoms. The van der Waals surface area contributed by atoms with Crippen LogP contribution in [0.2, 0.25) is 5.02 Å². The van der Waals surface area contributed by atoms with Crippen molar-refractivity contribution in [3.05, 3.63) is 94.3 Å². The van der Waals surface area contributed by atoms with Gasteiger partial charge in [0.1, 0.15) is 19.0 Å². The van der Waals surface area contributed by atoms with Crippen molar-refractivity contribution in [3.63, 3.8) is 0 Å². The Morgan fingerprint density at radius 1 is 1.06 bits per heavy atom. The number of hydrogen-bond acceptors (Lipinski definition) is 6. The molecular formula is C25H19ClN2O5. The van der Waals surface area contributed by atoms with Gasteiger partial charge in [0.15, 0.2) is 11.5 Å². The zero-order valence-electron chi connectivity index (χ0n) is 17.4. The fourth-order valence-corrected chi connectivity index (χ4v) is 4.20. The Hall–Kier alpha value is -3.84. The summed E-state index contributed by atoms with van der Waals surface area (Å²) in [7, 11) is 0. The first-order chi connectivity index (χ1) is 16.0. The predicted molar refractivity (Wildman–Crippen MR) is 121 cm³/mol. The molecule has 0 saturated carbocycles. The highest BCUT2D eigenvalue weighted by Gasteiger charge is 2.46. The van der Waals surface area contributed by atoms with Crippen molar-refractivity contribution in [2.75, 3.05) is 13.2 Å². The van der Waals surface area contributed by atoms with Gasteiger partial charge in [-0.15, -0.1) is 0 Å². The number of fused-ring (bicyclic) bond motifs is 1. The number of hydrogen-bond donors (Lipinski definition) is 1. The quantitative estimate of drug-likeness (QED) is 0.356. The van der Waals surface area contributed by atoms with Crippen LogP contribution in [0.25, 0.3) is 5.76 Å². The normalized spacial score (nSPS) is 19.1. The number of likely N-dealkylation sites (tertiary alicyclic amines) is 1. The standard InChI is InChI=1S/C25H19ClN2O5/c26-18-6-3-16(4-7-18)22-21(23(29)17-5-8-19-20(12-17)33-11-10-32-19)24(30)25(31)28(22)14-15-2-1-9-27-13-15/h1-9,12-13,22,29H,10-11,14H2/b23-21+/t22-/m0/s1. The van der Waals surface area contributed by atoms with Gasteiger partial charge in [0.05, 0.1) is 11.6 Å². The lowest BCUT2D eigenvalue weighted by Gasteiger charge is -2.25. The number of halogens is 1. The molecule has 7 nitrogen and oxygen atoms in total. The highest BCUT2D eigenvalue weighted by atomic mass is 35.5. The molecule has 0 bridgehead atoms. The topological polar surface area (TPSA) is 89.0 Å². The van der Waals surface area contributed by atoms with Gasteiger partial charge in [-0.25, -0.2) is 0 Å². The van der Waals surface area contributed by atoms with Gasteiger partial charge in [-0.2, -0.15) is 0 Å². The van der Waals surface area contributed by atoms with Gasteiger partial charge >= 0.3 is 0 Å². The van der Waals surface area contributed by atoms with Gasteiger partial charge in [0, 0.05) is 29.5 Å². The molecule has 166 valence electrons. The van der Waals surface area contributed by atoms with E-state index in [1.54, 1.807) is 60.9 Å². The van der Waals surface area contributed by atoms with Crippen LogP contribution >= 0.6 is 11.6 Å². The fraction of sp³-hybridized carbons (Fsp3) is 0.160. The Kier molecular flexibility index (Phi) is 5.48. The lowest BCUT2D eigenvalue weighted by molar-refractivity contribution is -0.140. The molecule has 3 heterocycles. The first-order valence-electron chi connectivity index (χ1n) is 10.4. The number of benzene rings is 2. The second kappa shape index (κ2) is 8.60. The summed E-state index contributed by atoms with van der Waals surface area (Å²) >= 11 is 6.06. The molecule has 2 aromatic carbocycles.